The summed E-state index contributed by atoms with van der Waals surface area (Å²) < 4.78 is 25.2. The monoisotopic (exact) mass is 353 g/mol. The minimum atomic E-state index is -3.50. The Balaban J connectivity index is 2.02. The standard InChI is InChI=1S/C16H23N3O4S/c1-14-3-5-15(6-4-14)11-19(24(2,22)23)12-16(21)18-9-7-17(13-20)8-10-18/h3-6,13H,7-12H2,1-2H3. The number of piperazine rings is 1. The molecule has 1 aliphatic rings. The first kappa shape index (κ1) is 18.4. The fourth-order valence-electron chi connectivity index (χ4n) is 2.52. The molecule has 2 amide bonds. The molecule has 0 unspecified atom stereocenters. The van der Waals surface area contributed by atoms with Crippen LogP contribution in [0.25, 0.3) is 0 Å². The Kier molecular flexibility index (Phi) is 5.95. The van der Waals surface area contributed by atoms with E-state index in [1.54, 1.807) is 9.80 Å². The van der Waals surface area contributed by atoms with Crippen LogP contribution in [0.5, 0.6) is 0 Å². The summed E-state index contributed by atoms with van der Waals surface area (Å²) in [4.78, 5) is 26.3. The first-order valence-corrected chi connectivity index (χ1v) is 9.62. The Hall–Kier alpha value is -1.93. The van der Waals surface area contributed by atoms with Crippen LogP contribution in [-0.2, 0) is 26.2 Å². The molecule has 0 atom stereocenters. The zero-order valence-electron chi connectivity index (χ0n) is 14.0. The van der Waals surface area contributed by atoms with E-state index in [0.29, 0.717) is 26.2 Å². The summed E-state index contributed by atoms with van der Waals surface area (Å²) in [6.07, 6.45) is 1.88. The second-order valence-electron chi connectivity index (χ2n) is 6.04. The van der Waals surface area contributed by atoms with Gasteiger partial charge in [0.05, 0.1) is 12.8 Å². The van der Waals surface area contributed by atoms with Crippen molar-refractivity contribution in [2.24, 2.45) is 0 Å². The number of nitrogens with zero attached hydrogens (tertiary/aromatic N) is 3. The molecular weight excluding hydrogens is 330 g/mol. The number of aryl methyl sites for hydroxylation is 1. The summed E-state index contributed by atoms with van der Waals surface area (Å²) in [6, 6.07) is 7.55. The smallest absolute Gasteiger partial charge is 0.238 e. The molecule has 2 rings (SSSR count). The first-order chi connectivity index (χ1) is 11.3. The minimum absolute atomic E-state index is 0.166. The molecule has 0 N–H and O–H groups in total. The van der Waals surface area contributed by atoms with E-state index in [1.807, 2.05) is 31.2 Å². The summed E-state index contributed by atoms with van der Waals surface area (Å²) >= 11 is 0. The molecule has 1 aromatic rings. The first-order valence-electron chi connectivity index (χ1n) is 7.77. The van der Waals surface area contributed by atoms with E-state index in [1.165, 1.54) is 4.31 Å². The second-order valence-corrected chi connectivity index (χ2v) is 8.02. The highest BCUT2D eigenvalue weighted by Crippen LogP contribution is 2.11. The molecule has 0 aromatic heterocycles. The third kappa shape index (κ3) is 5.04. The average Bonchev–Trinajstić information content (AvgIpc) is 2.55. The van der Waals surface area contributed by atoms with Gasteiger partial charge in [-0.05, 0) is 12.5 Å². The lowest BCUT2D eigenvalue weighted by atomic mass is 10.1. The molecule has 0 aliphatic carbocycles. The lowest BCUT2D eigenvalue weighted by Crippen LogP contribution is -2.51. The molecule has 1 saturated heterocycles. The van der Waals surface area contributed by atoms with Gasteiger partial charge in [0.2, 0.25) is 22.3 Å². The van der Waals surface area contributed by atoms with Crippen molar-refractivity contribution in [3.8, 4) is 0 Å². The maximum Gasteiger partial charge on any atom is 0.238 e. The molecule has 7 nitrogen and oxygen atoms in total. The van der Waals surface area contributed by atoms with Gasteiger partial charge < -0.3 is 9.80 Å². The molecule has 8 heteroatoms. The summed E-state index contributed by atoms with van der Waals surface area (Å²) in [7, 11) is -3.50. The van der Waals surface area contributed by atoms with Gasteiger partial charge in [0, 0.05) is 32.7 Å². The van der Waals surface area contributed by atoms with Gasteiger partial charge in [-0.15, -0.1) is 0 Å². The molecule has 1 heterocycles. The van der Waals surface area contributed by atoms with E-state index in [9.17, 15) is 18.0 Å². The third-order valence-electron chi connectivity index (χ3n) is 4.08. The van der Waals surface area contributed by atoms with Crippen molar-refractivity contribution in [1.29, 1.82) is 0 Å². The SMILES string of the molecule is Cc1ccc(CN(CC(=O)N2CCN(C=O)CC2)S(C)(=O)=O)cc1. The molecule has 24 heavy (non-hydrogen) atoms. The minimum Gasteiger partial charge on any atom is -0.342 e. The fraction of sp³-hybridized carbons (Fsp3) is 0.500. The van der Waals surface area contributed by atoms with E-state index in [4.69, 9.17) is 0 Å². The largest absolute Gasteiger partial charge is 0.342 e. The van der Waals surface area contributed by atoms with Crippen molar-refractivity contribution in [1.82, 2.24) is 14.1 Å². The zero-order valence-corrected chi connectivity index (χ0v) is 14.8. The highest BCUT2D eigenvalue weighted by atomic mass is 32.2. The number of carbonyl (C=O) groups excluding carboxylic acids is 2. The average molecular weight is 353 g/mol. The maximum atomic E-state index is 12.4. The molecule has 0 radical (unpaired) electrons. The van der Waals surface area contributed by atoms with Crippen LogP contribution in [0.3, 0.4) is 0 Å². The van der Waals surface area contributed by atoms with E-state index in [2.05, 4.69) is 0 Å². The van der Waals surface area contributed by atoms with Crippen molar-refractivity contribution < 1.29 is 18.0 Å². The van der Waals surface area contributed by atoms with Crippen LogP contribution in [0.1, 0.15) is 11.1 Å². The van der Waals surface area contributed by atoms with Gasteiger partial charge in [0.15, 0.2) is 0 Å². The van der Waals surface area contributed by atoms with Gasteiger partial charge >= 0.3 is 0 Å². The van der Waals surface area contributed by atoms with E-state index in [-0.39, 0.29) is 19.0 Å². The van der Waals surface area contributed by atoms with Crippen molar-refractivity contribution in [2.75, 3.05) is 39.0 Å². The highest BCUT2D eigenvalue weighted by Gasteiger charge is 2.26. The van der Waals surface area contributed by atoms with Crippen LogP contribution >= 0.6 is 0 Å². The quantitative estimate of drug-likeness (QED) is 0.678. The van der Waals surface area contributed by atoms with Crippen molar-refractivity contribution in [2.45, 2.75) is 13.5 Å². The van der Waals surface area contributed by atoms with Gasteiger partial charge in [-0.25, -0.2) is 8.42 Å². The van der Waals surface area contributed by atoms with E-state index < -0.39 is 10.0 Å². The van der Waals surface area contributed by atoms with Crippen LogP contribution in [0.4, 0.5) is 0 Å². The van der Waals surface area contributed by atoms with Crippen LogP contribution in [0, 0.1) is 6.92 Å². The molecular formula is C16H23N3O4S. The van der Waals surface area contributed by atoms with E-state index >= 15 is 0 Å². The Labute approximate surface area is 142 Å². The summed E-state index contributed by atoms with van der Waals surface area (Å²) in [5.41, 5.74) is 1.93. The van der Waals surface area contributed by atoms with Gasteiger partial charge in [-0.3, -0.25) is 9.59 Å². The van der Waals surface area contributed by atoms with Gasteiger partial charge in [-0.2, -0.15) is 4.31 Å². The number of rotatable bonds is 6. The molecule has 1 fully saturated rings. The second kappa shape index (κ2) is 7.76. The highest BCUT2D eigenvalue weighted by molar-refractivity contribution is 7.88. The van der Waals surface area contributed by atoms with Crippen molar-refractivity contribution >= 4 is 22.3 Å². The predicted molar refractivity (Wildman–Crippen MR) is 90.6 cm³/mol. The van der Waals surface area contributed by atoms with E-state index in [0.717, 1.165) is 23.8 Å². The number of amides is 2. The van der Waals surface area contributed by atoms with Crippen molar-refractivity contribution in [3.63, 3.8) is 0 Å². The maximum absolute atomic E-state index is 12.4. The molecule has 0 bridgehead atoms. The number of sulfonamides is 1. The number of hydrogen-bond acceptors (Lipinski definition) is 4. The zero-order chi connectivity index (χ0) is 17.7. The Morgan fingerprint density at radius 1 is 1.17 bits per heavy atom. The number of benzene rings is 1. The molecule has 0 spiro atoms. The summed E-state index contributed by atoms with van der Waals surface area (Å²) in [5.74, 6) is -0.238. The Morgan fingerprint density at radius 3 is 2.25 bits per heavy atom. The Bertz CT molecular complexity index is 680. The van der Waals surface area contributed by atoms with Crippen LogP contribution in [-0.4, -0.2) is 73.8 Å². The van der Waals surface area contributed by atoms with Gasteiger partial charge in [0.1, 0.15) is 0 Å². The van der Waals surface area contributed by atoms with Crippen LogP contribution < -0.4 is 0 Å². The van der Waals surface area contributed by atoms with Crippen molar-refractivity contribution in [3.05, 3.63) is 35.4 Å². The Morgan fingerprint density at radius 2 is 1.75 bits per heavy atom. The number of carbonyl (C=O) groups is 2. The molecule has 0 saturated carbocycles. The van der Waals surface area contributed by atoms with Gasteiger partial charge in [0.25, 0.3) is 0 Å². The lowest BCUT2D eigenvalue weighted by molar-refractivity contribution is -0.135. The molecule has 132 valence electrons. The summed E-state index contributed by atoms with van der Waals surface area (Å²) in [5, 5.41) is 0. The van der Waals surface area contributed by atoms with Crippen LogP contribution in [0.15, 0.2) is 24.3 Å². The topological polar surface area (TPSA) is 78.0 Å². The third-order valence-corrected chi connectivity index (χ3v) is 5.27. The normalized spacial score (nSPS) is 15.6. The summed E-state index contributed by atoms with van der Waals surface area (Å²) in [6.45, 7) is 3.76. The fourth-order valence-corrected chi connectivity index (χ4v) is 3.24. The number of hydrogen-bond donors (Lipinski definition) is 0. The predicted octanol–water partition coefficient (Wildman–Crippen LogP) is 0.0572. The van der Waals surface area contributed by atoms with Crippen LogP contribution in [0.2, 0.25) is 0 Å². The van der Waals surface area contributed by atoms with Gasteiger partial charge in [-0.1, -0.05) is 29.8 Å². The molecule has 1 aliphatic heterocycles. The molecule has 1 aromatic carbocycles. The lowest BCUT2D eigenvalue weighted by Gasteiger charge is -2.33.